The van der Waals surface area contributed by atoms with E-state index in [1.807, 2.05) is 0 Å². The zero-order valence-electron chi connectivity index (χ0n) is 8.10. The lowest BCUT2D eigenvalue weighted by molar-refractivity contribution is 0.0885. The largest absolute Gasteiger partial charge is 0.379 e. The molecule has 72 valence electrons. The maximum absolute atomic E-state index is 5.51. The Morgan fingerprint density at radius 1 is 1.58 bits per heavy atom. The first kappa shape index (κ1) is 9.96. The molecule has 1 rings (SSSR count). The van der Waals surface area contributed by atoms with Crippen LogP contribution in [0.25, 0.3) is 0 Å². The zero-order chi connectivity index (χ0) is 9.03. The van der Waals surface area contributed by atoms with Crippen LogP contribution >= 0.6 is 0 Å². The molecule has 1 aliphatic carbocycles. The standard InChI is InChI=1S/C9H20N2O/c1-9(4-3-5-9)11-7-8(6-10)12-2/h8,11H,3-7,10H2,1-2H3. The Balaban J connectivity index is 2.14. The summed E-state index contributed by atoms with van der Waals surface area (Å²) in [6, 6.07) is 0. The molecule has 0 saturated heterocycles. The van der Waals surface area contributed by atoms with Crippen LogP contribution in [0.5, 0.6) is 0 Å². The van der Waals surface area contributed by atoms with E-state index in [0.29, 0.717) is 12.1 Å². The van der Waals surface area contributed by atoms with Crippen molar-refractivity contribution in [2.75, 3.05) is 20.2 Å². The van der Waals surface area contributed by atoms with E-state index in [1.165, 1.54) is 19.3 Å². The van der Waals surface area contributed by atoms with E-state index >= 15 is 0 Å². The number of methoxy groups -OCH3 is 1. The molecule has 1 fully saturated rings. The van der Waals surface area contributed by atoms with Gasteiger partial charge in [-0.2, -0.15) is 0 Å². The summed E-state index contributed by atoms with van der Waals surface area (Å²) >= 11 is 0. The predicted molar refractivity (Wildman–Crippen MR) is 50.1 cm³/mol. The molecule has 0 aromatic carbocycles. The Hall–Kier alpha value is -0.120. The maximum Gasteiger partial charge on any atom is 0.0817 e. The third-order valence-corrected chi connectivity index (χ3v) is 2.81. The molecule has 3 heteroatoms. The summed E-state index contributed by atoms with van der Waals surface area (Å²) in [6.07, 6.45) is 4.09. The van der Waals surface area contributed by atoms with Crippen molar-refractivity contribution >= 4 is 0 Å². The van der Waals surface area contributed by atoms with Crippen molar-refractivity contribution < 1.29 is 4.74 Å². The van der Waals surface area contributed by atoms with Crippen molar-refractivity contribution in [3.05, 3.63) is 0 Å². The van der Waals surface area contributed by atoms with Crippen LogP contribution in [0.3, 0.4) is 0 Å². The van der Waals surface area contributed by atoms with Crippen molar-refractivity contribution in [2.45, 2.75) is 37.8 Å². The van der Waals surface area contributed by atoms with Crippen molar-refractivity contribution in [3.63, 3.8) is 0 Å². The molecule has 1 atom stereocenters. The summed E-state index contributed by atoms with van der Waals surface area (Å²) in [4.78, 5) is 0. The molecule has 0 spiro atoms. The number of hydrogen-bond donors (Lipinski definition) is 2. The molecule has 0 heterocycles. The normalized spacial score (nSPS) is 23.2. The topological polar surface area (TPSA) is 47.3 Å². The smallest absolute Gasteiger partial charge is 0.0817 e. The highest BCUT2D eigenvalue weighted by Crippen LogP contribution is 2.30. The third-order valence-electron chi connectivity index (χ3n) is 2.81. The Morgan fingerprint density at radius 3 is 2.58 bits per heavy atom. The number of ether oxygens (including phenoxy) is 1. The molecular weight excluding hydrogens is 152 g/mol. The average molecular weight is 172 g/mol. The van der Waals surface area contributed by atoms with Crippen LogP contribution in [0, 0.1) is 0 Å². The second kappa shape index (κ2) is 4.21. The van der Waals surface area contributed by atoms with Gasteiger partial charge < -0.3 is 15.8 Å². The van der Waals surface area contributed by atoms with Crippen molar-refractivity contribution in [3.8, 4) is 0 Å². The van der Waals surface area contributed by atoms with Gasteiger partial charge in [0.15, 0.2) is 0 Å². The number of nitrogens with one attached hydrogen (secondary N) is 1. The second-order valence-electron chi connectivity index (χ2n) is 3.89. The van der Waals surface area contributed by atoms with Gasteiger partial charge >= 0.3 is 0 Å². The molecule has 12 heavy (non-hydrogen) atoms. The lowest BCUT2D eigenvalue weighted by Gasteiger charge is -2.40. The summed E-state index contributed by atoms with van der Waals surface area (Å²) < 4.78 is 5.18. The highest BCUT2D eigenvalue weighted by Gasteiger charge is 2.31. The van der Waals surface area contributed by atoms with E-state index in [0.717, 1.165) is 6.54 Å². The SMILES string of the molecule is COC(CN)CNC1(C)CCC1. The first-order valence-corrected chi connectivity index (χ1v) is 4.68. The minimum absolute atomic E-state index is 0.169. The first-order chi connectivity index (χ1) is 5.70. The predicted octanol–water partition coefficient (Wildman–Crippen LogP) is 0.492. The fourth-order valence-electron chi connectivity index (χ4n) is 1.51. The van der Waals surface area contributed by atoms with Crippen molar-refractivity contribution in [2.24, 2.45) is 5.73 Å². The highest BCUT2D eigenvalue weighted by molar-refractivity contribution is 4.91. The second-order valence-corrected chi connectivity index (χ2v) is 3.89. The molecule has 0 aromatic heterocycles. The van der Waals surface area contributed by atoms with Gasteiger partial charge in [-0.25, -0.2) is 0 Å². The third kappa shape index (κ3) is 2.44. The van der Waals surface area contributed by atoms with Gasteiger partial charge in [0.1, 0.15) is 0 Å². The Labute approximate surface area is 74.7 Å². The molecule has 1 saturated carbocycles. The van der Waals surface area contributed by atoms with Gasteiger partial charge in [0.2, 0.25) is 0 Å². The molecule has 0 aliphatic heterocycles. The van der Waals surface area contributed by atoms with Gasteiger partial charge in [0, 0.05) is 25.7 Å². The van der Waals surface area contributed by atoms with Crippen LogP contribution in [0.2, 0.25) is 0 Å². The minimum Gasteiger partial charge on any atom is -0.379 e. The Bertz CT molecular complexity index is 130. The van der Waals surface area contributed by atoms with Crippen molar-refractivity contribution in [1.29, 1.82) is 0 Å². The summed E-state index contributed by atoms with van der Waals surface area (Å²) in [5.41, 5.74) is 5.87. The van der Waals surface area contributed by atoms with Crippen LogP contribution in [0.1, 0.15) is 26.2 Å². The molecule has 3 N–H and O–H groups in total. The maximum atomic E-state index is 5.51. The lowest BCUT2D eigenvalue weighted by atomic mass is 9.78. The van der Waals surface area contributed by atoms with Crippen LogP contribution in [-0.4, -0.2) is 31.8 Å². The quantitative estimate of drug-likeness (QED) is 0.634. The molecule has 0 aromatic rings. The number of rotatable bonds is 5. The van der Waals surface area contributed by atoms with Crippen LogP contribution in [0.15, 0.2) is 0 Å². The Morgan fingerprint density at radius 2 is 2.25 bits per heavy atom. The van der Waals surface area contributed by atoms with Gasteiger partial charge in [0.05, 0.1) is 6.10 Å². The van der Waals surface area contributed by atoms with Gasteiger partial charge in [0.25, 0.3) is 0 Å². The average Bonchev–Trinajstić information content (AvgIpc) is 2.03. The monoisotopic (exact) mass is 172 g/mol. The van der Waals surface area contributed by atoms with Gasteiger partial charge in [-0.3, -0.25) is 0 Å². The zero-order valence-corrected chi connectivity index (χ0v) is 8.10. The van der Waals surface area contributed by atoms with E-state index in [9.17, 15) is 0 Å². The fourth-order valence-corrected chi connectivity index (χ4v) is 1.51. The lowest BCUT2D eigenvalue weighted by Crippen LogP contribution is -2.51. The van der Waals surface area contributed by atoms with Gasteiger partial charge in [-0.05, 0) is 26.2 Å². The highest BCUT2D eigenvalue weighted by atomic mass is 16.5. The summed E-state index contributed by atoms with van der Waals surface area (Å²) in [6.45, 7) is 3.74. The van der Waals surface area contributed by atoms with Crippen LogP contribution < -0.4 is 11.1 Å². The molecule has 0 radical (unpaired) electrons. The van der Waals surface area contributed by atoms with Crippen LogP contribution in [0.4, 0.5) is 0 Å². The molecule has 1 aliphatic rings. The fraction of sp³-hybridized carbons (Fsp3) is 1.00. The van der Waals surface area contributed by atoms with E-state index < -0.39 is 0 Å². The number of hydrogen-bond acceptors (Lipinski definition) is 3. The molecule has 0 bridgehead atoms. The number of nitrogens with two attached hydrogens (primary N) is 1. The van der Waals surface area contributed by atoms with Crippen molar-refractivity contribution in [1.82, 2.24) is 5.32 Å². The molecule has 0 amide bonds. The summed E-state index contributed by atoms with van der Waals surface area (Å²) in [7, 11) is 1.71. The van der Waals surface area contributed by atoms with Crippen LogP contribution in [-0.2, 0) is 4.74 Å². The van der Waals surface area contributed by atoms with Gasteiger partial charge in [-0.15, -0.1) is 0 Å². The van der Waals surface area contributed by atoms with E-state index in [1.54, 1.807) is 7.11 Å². The molecular formula is C9H20N2O. The first-order valence-electron chi connectivity index (χ1n) is 4.68. The van der Waals surface area contributed by atoms with Gasteiger partial charge in [-0.1, -0.05) is 0 Å². The summed E-state index contributed by atoms with van der Waals surface area (Å²) in [5, 5.41) is 3.49. The van der Waals surface area contributed by atoms with E-state index in [-0.39, 0.29) is 6.10 Å². The minimum atomic E-state index is 0.169. The molecule has 3 nitrogen and oxygen atoms in total. The molecule has 1 unspecified atom stereocenters. The Kier molecular flexibility index (Phi) is 3.50. The van der Waals surface area contributed by atoms with E-state index in [2.05, 4.69) is 12.2 Å². The van der Waals surface area contributed by atoms with E-state index in [4.69, 9.17) is 10.5 Å². The summed E-state index contributed by atoms with van der Waals surface area (Å²) in [5.74, 6) is 0.